The molecule has 0 saturated carbocycles. The number of ether oxygens (including phenoxy) is 1. The molecule has 136 valence electrons. The highest BCUT2D eigenvalue weighted by molar-refractivity contribution is 8.13. The molecule has 0 atom stereocenters. The van der Waals surface area contributed by atoms with E-state index in [-0.39, 0.29) is 0 Å². The van der Waals surface area contributed by atoms with Gasteiger partial charge in [0.15, 0.2) is 0 Å². The van der Waals surface area contributed by atoms with Crippen LogP contribution in [0.1, 0.15) is 5.56 Å². The van der Waals surface area contributed by atoms with Crippen molar-refractivity contribution in [1.82, 2.24) is 0 Å². The number of aliphatic imine (C=N–C) groups is 1. The van der Waals surface area contributed by atoms with Crippen molar-refractivity contribution in [3.8, 4) is 5.75 Å². The van der Waals surface area contributed by atoms with E-state index in [1.807, 2.05) is 48.5 Å². The summed E-state index contributed by atoms with van der Waals surface area (Å²) in [6.45, 7) is 0. The van der Waals surface area contributed by atoms with E-state index in [0.29, 0.717) is 0 Å². The van der Waals surface area contributed by atoms with Gasteiger partial charge in [-0.3, -0.25) is 0 Å². The van der Waals surface area contributed by atoms with Gasteiger partial charge < -0.3 is 4.74 Å². The van der Waals surface area contributed by atoms with Crippen LogP contribution in [0.15, 0.2) is 106 Å². The lowest BCUT2D eigenvalue weighted by Gasteiger charge is -2.04. The van der Waals surface area contributed by atoms with E-state index in [2.05, 4.69) is 47.9 Å². The minimum Gasteiger partial charge on any atom is -0.497 e. The first kappa shape index (κ1) is 19.3. The van der Waals surface area contributed by atoms with Crippen molar-refractivity contribution in [2.24, 2.45) is 4.99 Å². The van der Waals surface area contributed by atoms with Crippen molar-refractivity contribution in [3.63, 3.8) is 0 Å². The van der Waals surface area contributed by atoms with Gasteiger partial charge in [-0.05, 0) is 53.4 Å². The molecule has 4 heteroatoms. The van der Waals surface area contributed by atoms with Gasteiger partial charge in [0.05, 0.1) is 17.8 Å². The summed E-state index contributed by atoms with van der Waals surface area (Å²) in [5.74, 6) is 1.76. The van der Waals surface area contributed by atoms with E-state index >= 15 is 0 Å². The second-order valence-corrected chi connectivity index (χ2v) is 7.63. The third kappa shape index (κ3) is 6.66. The van der Waals surface area contributed by atoms with Crippen LogP contribution in [0.4, 0.5) is 5.69 Å². The minimum atomic E-state index is 0.869. The van der Waals surface area contributed by atoms with Crippen LogP contribution in [0.25, 0.3) is 0 Å². The van der Waals surface area contributed by atoms with Crippen molar-refractivity contribution in [2.45, 2.75) is 10.6 Å². The number of nitrogens with zero attached hydrogens (tertiary/aromatic N) is 1. The largest absolute Gasteiger partial charge is 0.497 e. The molecule has 0 amide bonds. The van der Waals surface area contributed by atoms with E-state index in [9.17, 15) is 0 Å². The maximum Gasteiger partial charge on any atom is 0.118 e. The number of thioether (sulfide) groups is 2. The summed E-state index contributed by atoms with van der Waals surface area (Å²) in [6.07, 6.45) is 2.08. The third-order valence-electron chi connectivity index (χ3n) is 3.70. The van der Waals surface area contributed by atoms with Crippen molar-refractivity contribution >= 4 is 34.3 Å². The summed E-state index contributed by atoms with van der Waals surface area (Å²) in [4.78, 5) is 5.96. The van der Waals surface area contributed by atoms with Gasteiger partial charge in [0.2, 0.25) is 0 Å². The zero-order valence-electron chi connectivity index (χ0n) is 15.1. The Kier molecular flexibility index (Phi) is 7.63. The lowest BCUT2D eigenvalue weighted by molar-refractivity contribution is 0.414. The Balaban J connectivity index is 1.69. The number of rotatable bonds is 7. The lowest BCUT2D eigenvalue weighted by atomic mass is 10.2. The van der Waals surface area contributed by atoms with Crippen LogP contribution in [0, 0.1) is 0 Å². The van der Waals surface area contributed by atoms with Gasteiger partial charge in [0.25, 0.3) is 0 Å². The van der Waals surface area contributed by atoms with E-state index in [1.165, 1.54) is 10.5 Å². The van der Waals surface area contributed by atoms with Gasteiger partial charge in [-0.15, -0.1) is 11.8 Å². The van der Waals surface area contributed by atoms with Crippen LogP contribution in [-0.2, 0) is 5.75 Å². The highest BCUT2D eigenvalue weighted by Crippen LogP contribution is 2.24. The highest BCUT2D eigenvalue weighted by atomic mass is 32.2. The summed E-state index contributed by atoms with van der Waals surface area (Å²) in [7, 11) is 1.68. The summed E-state index contributed by atoms with van der Waals surface area (Å²) >= 11 is 3.41. The average molecular weight is 392 g/mol. The Morgan fingerprint density at radius 2 is 1.56 bits per heavy atom. The van der Waals surface area contributed by atoms with Crippen LogP contribution in [0.5, 0.6) is 5.75 Å². The van der Waals surface area contributed by atoms with E-state index in [1.54, 1.807) is 30.6 Å². The molecule has 3 rings (SSSR count). The number of hydrogen-bond donors (Lipinski definition) is 0. The molecule has 0 aliphatic heterocycles. The van der Waals surface area contributed by atoms with Crippen LogP contribution in [0.2, 0.25) is 0 Å². The Morgan fingerprint density at radius 3 is 2.22 bits per heavy atom. The molecule has 3 aromatic carbocycles. The molecule has 0 bridgehead atoms. The molecule has 3 aromatic rings. The molecule has 0 fully saturated rings. The molecule has 0 aliphatic carbocycles. The average Bonchev–Trinajstić information content (AvgIpc) is 2.74. The van der Waals surface area contributed by atoms with Gasteiger partial charge in [-0.1, -0.05) is 60.3 Å². The van der Waals surface area contributed by atoms with E-state index < -0.39 is 0 Å². The second-order valence-electron chi connectivity index (χ2n) is 5.66. The monoisotopic (exact) mass is 391 g/mol. The van der Waals surface area contributed by atoms with Gasteiger partial charge in [0.1, 0.15) is 5.75 Å². The molecular formula is C23H21NOS2. The number of benzene rings is 3. The van der Waals surface area contributed by atoms with Gasteiger partial charge >= 0.3 is 0 Å². The molecule has 2 nitrogen and oxygen atoms in total. The first-order chi connectivity index (χ1) is 13.3. The van der Waals surface area contributed by atoms with Gasteiger partial charge in [0, 0.05) is 10.6 Å². The number of para-hydroxylation sites is 1. The maximum absolute atomic E-state index is 5.20. The second kappa shape index (κ2) is 10.7. The molecule has 0 saturated heterocycles. The molecule has 0 unspecified atom stereocenters. The summed E-state index contributed by atoms with van der Waals surface area (Å²) in [5, 5.41) is 3.08. The fraction of sp³-hybridized carbons (Fsp3) is 0.0870. The van der Waals surface area contributed by atoms with E-state index in [0.717, 1.165) is 22.2 Å². The zero-order chi connectivity index (χ0) is 18.7. The Labute approximate surface area is 169 Å². The Morgan fingerprint density at radius 1 is 0.889 bits per heavy atom. The number of methoxy groups -OCH3 is 1. The Hall–Kier alpha value is -2.43. The minimum absolute atomic E-state index is 0.869. The van der Waals surface area contributed by atoms with Gasteiger partial charge in [-0.2, -0.15) is 0 Å². The van der Waals surface area contributed by atoms with Crippen molar-refractivity contribution in [1.29, 1.82) is 0 Å². The topological polar surface area (TPSA) is 21.6 Å². The first-order valence-electron chi connectivity index (χ1n) is 8.61. The van der Waals surface area contributed by atoms with Gasteiger partial charge in [-0.25, -0.2) is 4.99 Å². The summed E-state index contributed by atoms with van der Waals surface area (Å²) in [6, 6.07) is 28.6. The first-order valence-corrected chi connectivity index (χ1v) is 10.5. The fourth-order valence-electron chi connectivity index (χ4n) is 2.30. The molecule has 0 spiro atoms. The van der Waals surface area contributed by atoms with Crippen molar-refractivity contribution < 1.29 is 4.74 Å². The Bertz CT molecular complexity index is 875. The van der Waals surface area contributed by atoms with E-state index in [4.69, 9.17) is 9.73 Å². The number of hydrogen-bond acceptors (Lipinski definition) is 4. The molecule has 0 aliphatic rings. The molecule has 0 N–H and O–H groups in total. The molecular weight excluding hydrogens is 370 g/mol. The third-order valence-corrected chi connectivity index (χ3v) is 5.52. The smallest absolute Gasteiger partial charge is 0.118 e. The quantitative estimate of drug-likeness (QED) is 0.247. The SMILES string of the molecule is COc1ccc(SC=CC(=Nc2ccccc2)SCc2ccccc2)cc1. The molecule has 0 radical (unpaired) electrons. The van der Waals surface area contributed by atoms with Crippen LogP contribution >= 0.6 is 23.5 Å². The van der Waals surface area contributed by atoms with Crippen molar-refractivity contribution in [2.75, 3.05) is 7.11 Å². The predicted molar refractivity (Wildman–Crippen MR) is 119 cm³/mol. The van der Waals surface area contributed by atoms with Crippen LogP contribution in [-0.4, -0.2) is 12.2 Å². The zero-order valence-corrected chi connectivity index (χ0v) is 16.7. The molecule has 0 heterocycles. The standard InChI is InChI=1S/C23H21NOS2/c1-25-21-12-14-22(15-13-21)26-17-16-23(24-20-10-6-3-7-11-20)27-18-19-8-4-2-5-9-19/h2-17H,18H2,1H3. The normalized spacial score (nSPS) is 11.7. The molecule has 27 heavy (non-hydrogen) atoms. The van der Waals surface area contributed by atoms with Crippen molar-refractivity contribution in [3.05, 3.63) is 102 Å². The highest BCUT2D eigenvalue weighted by Gasteiger charge is 2.00. The summed E-state index contributed by atoms with van der Waals surface area (Å²) < 4.78 is 5.20. The van der Waals surface area contributed by atoms with Crippen LogP contribution in [0.3, 0.4) is 0 Å². The fourth-order valence-corrected chi connectivity index (χ4v) is 3.88. The lowest BCUT2D eigenvalue weighted by Crippen LogP contribution is -1.89. The van der Waals surface area contributed by atoms with Crippen LogP contribution < -0.4 is 4.74 Å². The molecule has 0 aromatic heterocycles. The maximum atomic E-state index is 5.20. The summed E-state index contributed by atoms with van der Waals surface area (Å²) in [5.41, 5.74) is 2.26. The predicted octanol–water partition coefficient (Wildman–Crippen LogP) is 6.96.